The zero-order valence-electron chi connectivity index (χ0n) is 9.40. The molecular weight excluding hydrogens is 228 g/mol. The van der Waals surface area contributed by atoms with Crippen LogP contribution in [0.3, 0.4) is 0 Å². The third-order valence-corrected chi connectivity index (χ3v) is 2.66. The van der Waals surface area contributed by atoms with Crippen molar-refractivity contribution < 1.29 is 8.78 Å². The van der Waals surface area contributed by atoms with Gasteiger partial charge in [-0.05, 0) is 6.72 Å². The highest BCUT2D eigenvalue weighted by atomic mass is 19.3. The summed E-state index contributed by atoms with van der Waals surface area (Å²) in [5, 5.41) is 6.90. The van der Waals surface area contributed by atoms with E-state index in [2.05, 4.69) is 27.1 Å². The Morgan fingerprint density at radius 2 is 2.35 bits per heavy atom. The van der Waals surface area contributed by atoms with Gasteiger partial charge in [0, 0.05) is 26.1 Å². The summed E-state index contributed by atoms with van der Waals surface area (Å²) in [6.45, 7) is 3.35. The number of hydrogen-bond donors (Lipinski definition) is 1. The first-order valence-electron chi connectivity index (χ1n) is 5.16. The number of rotatable bonds is 2. The van der Waals surface area contributed by atoms with Gasteiger partial charge in [0.15, 0.2) is 0 Å². The lowest BCUT2D eigenvalue weighted by atomic mass is 9.88. The number of nitrogens with zero attached hydrogens (tertiary/aromatic N) is 4. The Labute approximate surface area is 97.3 Å². The quantitative estimate of drug-likeness (QED) is 0.635. The standard InChI is InChI=1S/C10H13F2N5/c1-13-9(14-2)16-7-5-15-17(6-7)8-3-10(11,12)4-8/h5-6,8H,1,3-4H2,2H3,(H,14,16). The third kappa shape index (κ3) is 2.48. The van der Waals surface area contributed by atoms with E-state index in [1.807, 2.05) is 0 Å². The second-order valence-corrected chi connectivity index (χ2v) is 3.96. The minimum atomic E-state index is -2.54. The van der Waals surface area contributed by atoms with Crippen molar-refractivity contribution in [2.45, 2.75) is 24.8 Å². The molecule has 0 radical (unpaired) electrons. The molecule has 7 heteroatoms. The molecule has 2 rings (SSSR count). The van der Waals surface area contributed by atoms with Crippen molar-refractivity contribution in [2.24, 2.45) is 9.98 Å². The highest BCUT2D eigenvalue weighted by Crippen LogP contribution is 2.45. The van der Waals surface area contributed by atoms with E-state index in [1.165, 1.54) is 4.68 Å². The third-order valence-electron chi connectivity index (χ3n) is 2.66. The van der Waals surface area contributed by atoms with Crippen LogP contribution in [0.4, 0.5) is 14.5 Å². The van der Waals surface area contributed by atoms with Gasteiger partial charge in [-0.3, -0.25) is 9.67 Å². The minimum Gasteiger partial charge on any atom is -0.322 e. The normalized spacial score (nSPS) is 19.8. The Morgan fingerprint density at radius 3 is 2.88 bits per heavy atom. The number of hydrogen-bond acceptors (Lipinski definition) is 2. The van der Waals surface area contributed by atoms with E-state index in [0.717, 1.165) is 0 Å². The molecule has 1 aliphatic carbocycles. The SMILES string of the molecule is C=N/C(=N\C)Nc1cnn(C2CC(F)(F)C2)c1. The maximum absolute atomic E-state index is 12.7. The van der Waals surface area contributed by atoms with Crippen molar-refractivity contribution in [1.29, 1.82) is 0 Å². The lowest BCUT2D eigenvalue weighted by molar-refractivity contribution is -0.106. The number of aliphatic imine (C=N–C) groups is 2. The summed E-state index contributed by atoms with van der Waals surface area (Å²) in [5.74, 6) is -2.17. The van der Waals surface area contributed by atoms with Gasteiger partial charge < -0.3 is 5.32 Å². The number of nitrogens with one attached hydrogen (secondary N) is 1. The molecule has 0 saturated heterocycles. The molecule has 1 saturated carbocycles. The summed E-state index contributed by atoms with van der Waals surface area (Å²) in [7, 11) is 1.58. The van der Waals surface area contributed by atoms with Gasteiger partial charge >= 0.3 is 0 Å². The second-order valence-electron chi connectivity index (χ2n) is 3.96. The van der Waals surface area contributed by atoms with Crippen molar-refractivity contribution in [3.8, 4) is 0 Å². The van der Waals surface area contributed by atoms with E-state index in [4.69, 9.17) is 0 Å². The molecule has 17 heavy (non-hydrogen) atoms. The van der Waals surface area contributed by atoms with Gasteiger partial charge in [-0.25, -0.2) is 13.8 Å². The van der Waals surface area contributed by atoms with Crippen LogP contribution in [0, 0.1) is 0 Å². The Morgan fingerprint density at radius 1 is 1.65 bits per heavy atom. The summed E-state index contributed by atoms with van der Waals surface area (Å²) in [6.07, 6.45) is 2.91. The fraction of sp³-hybridized carbons (Fsp3) is 0.500. The van der Waals surface area contributed by atoms with E-state index in [0.29, 0.717) is 11.6 Å². The molecule has 0 unspecified atom stereocenters. The van der Waals surface area contributed by atoms with Crippen LogP contribution in [-0.4, -0.2) is 35.4 Å². The Bertz CT molecular complexity index is 443. The first-order valence-corrected chi connectivity index (χ1v) is 5.16. The van der Waals surface area contributed by atoms with Crippen LogP contribution in [0.2, 0.25) is 0 Å². The monoisotopic (exact) mass is 241 g/mol. The molecule has 0 amide bonds. The molecule has 1 heterocycles. The van der Waals surface area contributed by atoms with Gasteiger partial charge in [-0.1, -0.05) is 0 Å². The predicted octanol–water partition coefficient (Wildman–Crippen LogP) is 1.95. The fourth-order valence-electron chi connectivity index (χ4n) is 1.71. The maximum atomic E-state index is 12.7. The molecule has 0 aliphatic heterocycles. The van der Waals surface area contributed by atoms with Crippen LogP contribution in [-0.2, 0) is 0 Å². The predicted molar refractivity (Wildman–Crippen MR) is 62.0 cm³/mol. The molecule has 0 bridgehead atoms. The molecule has 5 nitrogen and oxygen atoms in total. The molecule has 1 aromatic heterocycles. The van der Waals surface area contributed by atoms with Crippen LogP contribution in [0.1, 0.15) is 18.9 Å². The minimum absolute atomic E-state index is 0.150. The van der Waals surface area contributed by atoms with Crippen LogP contribution in [0.25, 0.3) is 0 Å². The Hall–Kier alpha value is -1.79. The average Bonchev–Trinajstić information content (AvgIpc) is 2.70. The first kappa shape index (κ1) is 11.7. The smallest absolute Gasteiger partial charge is 0.252 e. The van der Waals surface area contributed by atoms with E-state index in [-0.39, 0.29) is 18.9 Å². The summed E-state index contributed by atoms with van der Waals surface area (Å²) in [5.41, 5.74) is 0.660. The van der Waals surface area contributed by atoms with Gasteiger partial charge in [0.1, 0.15) is 0 Å². The van der Waals surface area contributed by atoms with Crippen LogP contribution < -0.4 is 5.32 Å². The van der Waals surface area contributed by atoms with Gasteiger partial charge in [-0.2, -0.15) is 5.10 Å². The van der Waals surface area contributed by atoms with E-state index in [9.17, 15) is 8.78 Å². The molecule has 0 atom stereocenters. The van der Waals surface area contributed by atoms with Gasteiger partial charge in [0.25, 0.3) is 5.92 Å². The van der Waals surface area contributed by atoms with E-state index in [1.54, 1.807) is 19.4 Å². The van der Waals surface area contributed by atoms with Crippen molar-refractivity contribution in [3.63, 3.8) is 0 Å². The Kier molecular flexibility index (Phi) is 2.91. The molecule has 92 valence electrons. The Balaban J connectivity index is 2.00. The van der Waals surface area contributed by atoms with Crippen LogP contribution in [0.5, 0.6) is 0 Å². The molecule has 1 fully saturated rings. The first-order chi connectivity index (χ1) is 8.04. The highest BCUT2D eigenvalue weighted by Gasteiger charge is 2.46. The molecule has 1 aromatic rings. The average molecular weight is 241 g/mol. The molecule has 0 aromatic carbocycles. The van der Waals surface area contributed by atoms with Crippen molar-refractivity contribution >= 4 is 18.4 Å². The molecular formula is C10H13F2N5. The molecule has 1 aliphatic rings. The second kappa shape index (κ2) is 4.23. The van der Waals surface area contributed by atoms with E-state index < -0.39 is 5.92 Å². The van der Waals surface area contributed by atoms with Gasteiger partial charge in [0.05, 0.1) is 17.9 Å². The van der Waals surface area contributed by atoms with Crippen molar-refractivity contribution in [1.82, 2.24) is 9.78 Å². The zero-order chi connectivity index (χ0) is 12.5. The largest absolute Gasteiger partial charge is 0.322 e. The van der Waals surface area contributed by atoms with Crippen LogP contribution >= 0.6 is 0 Å². The molecule has 0 spiro atoms. The number of halogens is 2. The van der Waals surface area contributed by atoms with Crippen molar-refractivity contribution in [3.05, 3.63) is 12.4 Å². The zero-order valence-corrected chi connectivity index (χ0v) is 9.40. The summed E-state index contributed by atoms with van der Waals surface area (Å²) in [6, 6.07) is -0.223. The number of aromatic nitrogens is 2. The summed E-state index contributed by atoms with van der Waals surface area (Å²) >= 11 is 0. The fourth-order valence-corrected chi connectivity index (χ4v) is 1.71. The number of guanidine groups is 1. The van der Waals surface area contributed by atoms with Gasteiger partial charge in [-0.15, -0.1) is 0 Å². The van der Waals surface area contributed by atoms with Crippen molar-refractivity contribution in [2.75, 3.05) is 12.4 Å². The van der Waals surface area contributed by atoms with Gasteiger partial charge in [0.2, 0.25) is 5.96 Å². The van der Waals surface area contributed by atoms with Crippen LogP contribution in [0.15, 0.2) is 22.4 Å². The number of alkyl halides is 2. The maximum Gasteiger partial charge on any atom is 0.252 e. The number of anilines is 1. The lowest BCUT2D eigenvalue weighted by Crippen LogP contribution is -2.37. The van der Waals surface area contributed by atoms with E-state index >= 15 is 0 Å². The molecule has 1 N–H and O–H groups in total. The summed E-state index contributed by atoms with van der Waals surface area (Å²) < 4.78 is 26.9. The summed E-state index contributed by atoms with van der Waals surface area (Å²) in [4.78, 5) is 7.48. The lowest BCUT2D eigenvalue weighted by Gasteiger charge is -2.34. The highest BCUT2D eigenvalue weighted by molar-refractivity contribution is 5.96. The topological polar surface area (TPSA) is 54.6 Å².